The SMILES string of the molecule is CC.CN[C@H]1CCCC1OCc1ccccc1. The Labute approximate surface area is 105 Å². The van der Waals surface area contributed by atoms with Crippen molar-refractivity contribution in [2.75, 3.05) is 7.05 Å². The van der Waals surface area contributed by atoms with Crippen molar-refractivity contribution in [3.8, 4) is 0 Å². The summed E-state index contributed by atoms with van der Waals surface area (Å²) in [5.74, 6) is 0. The molecule has 0 aromatic heterocycles. The van der Waals surface area contributed by atoms with Gasteiger partial charge in [0.1, 0.15) is 0 Å². The molecular formula is C15H25NO. The van der Waals surface area contributed by atoms with E-state index in [1.54, 1.807) is 0 Å². The van der Waals surface area contributed by atoms with E-state index in [-0.39, 0.29) is 0 Å². The molecule has 17 heavy (non-hydrogen) atoms. The van der Waals surface area contributed by atoms with E-state index in [2.05, 4.69) is 29.6 Å². The summed E-state index contributed by atoms with van der Waals surface area (Å²) in [5, 5.41) is 3.33. The molecule has 0 bridgehead atoms. The van der Waals surface area contributed by atoms with Crippen LogP contribution >= 0.6 is 0 Å². The Morgan fingerprint density at radius 3 is 2.53 bits per heavy atom. The normalized spacial score (nSPS) is 23.0. The van der Waals surface area contributed by atoms with E-state index in [9.17, 15) is 0 Å². The quantitative estimate of drug-likeness (QED) is 0.864. The van der Waals surface area contributed by atoms with Gasteiger partial charge in [0.15, 0.2) is 0 Å². The lowest BCUT2D eigenvalue weighted by atomic mass is 10.2. The zero-order chi connectivity index (χ0) is 12.5. The van der Waals surface area contributed by atoms with Gasteiger partial charge in [-0.3, -0.25) is 0 Å². The zero-order valence-electron chi connectivity index (χ0n) is 11.3. The van der Waals surface area contributed by atoms with Crippen molar-refractivity contribution in [2.45, 2.75) is 51.9 Å². The summed E-state index contributed by atoms with van der Waals surface area (Å²) in [6, 6.07) is 10.9. The fourth-order valence-electron chi connectivity index (χ4n) is 2.23. The first-order valence-corrected chi connectivity index (χ1v) is 6.73. The van der Waals surface area contributed by atoms with Crippen LogP contribution in [0.2, 0.25) is 0 Å². The van der Waals surface area contributed by atoms with Gasteiger partial charge in [-0.2, -0.15) is 0 Å². The van der Waals surface area contributed by atoms with E-state index >= 15 is 0 Å². The first kappa shape index (κ1) is 14.2. The largest absolute Gasteiger partial charge is 0.372 e. The minimum absolute atomic E-state index is 0.398. The molecule has 2 rings (SSSR count). The Bertz CT molecular complexity index is 286. The van der Waals surface area contributed by atoms with E-state index in [0.717, 1.165) is 6.61 Å². The van der Waals surface area contributed by atoms with Gasteiger partial charge in [-0.25, -0.2) is 0 Å². The van der Waals surface area contributed by atoms with Crippen LogP contribution in [0.3, 0.4) is 0 Å². The zero-order valence-corrected chi connectivity index (χ0v) is 11.3. The van der Waals surface area contributed by atoms with Gasteiger partial charge in [0.25, 0.3) is 0 Å². The third kappa shape index (κ3) is 4.49. The molecule has 0 saturated heterocycles. The molecule has 0 amide bonds. The topological polar surface area (TPSA) is 21.3 Å². The molecule has 2 atom stereocenters. The lowest BCUT2D eigenvalue weighted by Crippen LogP contribution is -2.34. The molecule has 1 aliphatic rings. The number of ether oxygens (including phenoxy) is 1. The van der Waals surface area contributed by atoms with Crippen LogP contribution in [0.25, 0.3) is 0 Å². The maximum absolute atomic E-state index is 5.93. The first-order chi connectivity index (χ1) is 8.40. The average molecular weight is 235 g/mol. The molecule has 0 heterocycles. The number of hydrogen-bond donors (Lipinski definition) is 1. The predicted molar refractivity (Wildman–Crippen MR) is 73.1 cm³/mol. The fraction of sp³-hybridized carbons (Fsp3) is 0.600. The summed E-state index contributed by atoms with van der Waals surface area (Å²) in [6.07, 6.45) is 4.12. The Balaban J connectivity index is 0.000000686. The van der Waals surface area contributed by atoms with Gasteiger partial charge < -0.3 is 10.1 Å². The van der Waals surface area contributed by atoms with Crippen LogP contribution in [0.15, 0.2) is 30.3 Å². The van der Waals surface area contributed by atoms with Crippen molar-refractivity contribution >= 4 is 0 Å². The number of likely N-dealkylation sites (N-methyl/N-ethyl adjacent to an activating group) is 1. The van der Waals surface area contributed by atoms with E-state index < -0.39 is 0 Å². The molecule has 1 aliphatic carbocycles. The van der Waals surface area contributed by atoms with Crippen LogP contribution < -0.4 is 5.32 Å². The monoisotopic (exact) mass is 235 g/mol. The number of nitrogens with one attached hydrogen (secondary N) is 1. The second kappa shape index (κ2) is 8.26. The van der Waals surface area contributed by atoms with Crippen molar-refractivity contribution in [2.24, 2.45) is 0 Å². The molecule has 0 spiro atoms. The van der Waals surface area contributed by atoms with Gasteiger partial charge in [-0.15, -0.1) is 0 Å². The Hall–Kier alpha value is -0.860. The van der Waals surface area contributed by atoms with Crippen molar-refractivity contribution in [1.29, 1.82) is 0 Å². The number of hydrogen-bond acceptors (Lipinski definition) is 2. The number of benzene rings is 1. The van der Waals surface area contributed by atoms with Gasteiger partial charge in [0.2, 0.25) is 0 Å². The number of rotatable bonds is 4. The van der Waals surface area contributed by atoms with E-state index in [1.807, 2.05) is 27.0 Å². The summed E-state index contributed by atoms with van der Waals surface area (Å²) in [6.45, 7) is 4.74. The standard InChI is InChI=1S/C13H19NO.C2H6/c1-14-12-8-5-9-13(12)15-10-11-6-3-2-4-7-11;1-2/h2-4,6-7,12-14H,5,8-10H2,1H3;1-2H3/t12-,13?;/m0./s1. The summed E-state index contributed by atoms with van der Waals surface area (Å²) in [7, 11) is 2.02. The van der Waals surface area contributed by atoms with Crippen molar-refractivity contribution in [3.63, 3.8) is 0 Å². The summed E-state index contributed by atoms with van der Waals surface area (Å²) in [5.41, 5.74) is 1.26. The highest BCUT2D eigenvalue weighted by Gasteiger charge is 2.26. The molecule has 1 aromatic rings. The summed E-state index contributed by atoms with van der Waals surface area (Å²) < 4.78 is 5.93. The maximum atomic E-state index is 5.93. The molecule has 1 fully saturated rings. The Morgan fingerprint density at radius 1 is 1.18 bits per heavy atom. The van der Waals surface area contributed by atoms with Gasteiger partial charge in [-0.1, -0.05) is 44.2 Å². The second-order valence-corrected chi connectivity index (χ2v) is 4.16. The fourth-order valence-corrected chi connectivity index (χ4v) is 2.23. The highest BCUT2D eigenvalue weighted by atomic mass is 16.5. The van der Waals surface area contributed by atoms with Gasteiger partial charge in [0, 0.05) is 6.04 Å². The molecule has 0 radical (unpaired) electrons. The van der Waals surface area contributed by atoms with Crippen LogP contribution in [-0.2, 0) is 11.3 Å². The smallest absolute Gasteiger partial charge is 0.0732 e. The molecule has 2 nitrogen and oxygen atoms in total. The third-order valence-corrected chi connectivity index (χ3v) is 3.13. The molecule has 1 N–H and O–H groups in total. The molecule has 1 unspecified atom stereocenters. The molecule has 96 valence electrons. The molecule has 1 saturated carbocycles. The van der Waals surface area contributed by atoms with E-state index in [4.69, 9.17) is 4.74 Å². The first-order valence-electron chi connectivity index (χ1n) is 6.73. The van der Waals surface area contributed by atoms with Crippen LogP contribution in [0.5, 0.6) is 0 Å². The van der Waals surface area contributed by atoms with Crippen LogP contribution in [0.1, 0.15) is 38.7 Å². The van der Waals surface area contributed by atoms with E-state index in [1.165, 1.54) is 24.8 Å². The lowest BCUT2D eigenvalue weighted by Gasteiger charge is -2.19. The van der Waals surface area contributed by atoms with Crippen molar-refractivity contribution in [1.82, 2.24) is 5.32 Å². The molecule has 2 heteroatoms. The Kier molecular flexibility index (Phi) is 6.90. The lowest BCUT2D eigenvalue weighted by molar-refractivity contribution is 0.0295. The van der Waals surface area contributed by atoms with Crippen molar-refractivity contribution in [3.05, 3.63) is 35.9 Å². The van der Waals surface area contributed by atoms with Gasteiger partial charge >= 0.3 is 0 Å². The van der Waals surface area contributed by atoms with Crippen LogP contribution in [-0.4, -0.2) is 19.2 Å². The van der Waals surface area contributed by atoms with Crippen LogP contribution in [0.4, 0.5) is 0 Å². The highest BCUT2D eigenvalue weighted by Crippen LogP contribution is 2.22. The Morgan fingerprint density at radius 2 is 1.88 bits per heavy atom. The summed E-state index contributed by atoms with van der Waals surface area (Å²) in [4.78, 5) is 0. The maximum Gasteiger partial charge on any atom is 0.0732 e. The highest BCUT2D eigenvalue weighted by molar-refractivity contribution is 5.13. The predicted octanol–water partition coefficient (Wildman–Crippen LogP) is 3.37. The molecular weight excluding hydrogens is 210 g/mol. The van der Waals surface area contributed by atoms with Gasteiger partial charge in [-0.05, 0) is 31.9 Å². The second-order valence-electron chi connectivity index (χ2n) is 4.16. The van der Waals surface area contributed by atoms with Crippen LogP contribution in [0, 0.1) is 0 Å². The average Bonchev–Trinajstić information content (AvgIpc) is 2.87. The molecule has 1 aromatic carbocycles. The minimum Gasteiger partial charge on any atom is -0.372 e. The third-order valence-electron chi connectivity index (χ3n) is 3.13. The molecule has 0 aliphatic heterocycles. The van der Waals surface area contributed by atoms with Crippen molar-refractivity contribution < 1.29 is 4.74 Å². The van der Waals surface area contributed by atoms with E-state index in [0.29, 0.717) is 12.1 Å². The van der Waals surface area contributed by atoms with Gasteiger partial charge in [0.05, 0.1) is 12.7 Å². The minimum atomic E-state index is 0.398. The summed E-state index contributed by atoms with van der Waals surface area (Å²) >= 11 is 0.